The van der Waals surface area contributed by atoms with Gasteiger partial charge in [-0.15, -0.1) is 0 Å². The first kappa shape index (κ1) is 10.6. The van der Waals surface area contributed by atoms with Crippen LogP contribution in [0.1, 0.15) is 5.69 Å². The highest BCUT2D eigenvalue weighted by Crippen LogP contribution is 2.27. The van der Waals surface area contributed by atoms with E-state index in [2.05, 4.69) is 37.4 Å². The fourth-order valence-corrected chi connectivity index (χ4v) is 2.48. The third kappa shape index (κ3) is 1.52. The van der Waals surface area contributed by atoms with Crippen LogP contribution in [-0.4, -0.2) is 16.5 Å². The molecule has 3 aromatic rings. The molecule has 0 aliphatic carbocycles. The summed E-state index contributed by atoms with van der Waals surface area (Å²) in [5.74, 6) is 0.850. The van der Waals surface area contributed by atoms with Gasteiger partial charge in [0.05, 0.1) is 18.3 Å². The van der Waals surface area contributed by atoms with Crippen LogP contribution in [0.3, 0.4) is 0 Å². The van der Waals surface area contributed by atoms with E-state index < -0.39 is 0 Å². The van der Waals surface area contributed by atoms with Crippen molar-refractivity contribution in [2.24, 2.45) is 0 Å². The van der Waals surface area contributed by atoms with Gasteiger partial charge in [0.1, 0.15) is 16.0 Å². The maximum atomic E-state index is 5.27. The van der Waals surface area contributed by atoms with E-state index in [0.717, 1.165) is 32.6 Å². The molecule has 0 aliphatic rings. The first-order chi connectivity index (χ1) is 8.20. The Morgan fingerprint density at radius 2 is 2.00 bits per heavy atom. The zero-order valence-electron chi connectivity index (χ0n) is 9.57. The number of ether oxygens (including phenoxy) is 1. The van der Waals surface area contributed by atoms with E-state index in [-0.39, 0.29) is 0 Å². The smallest absolute Gasteiger partial charge is 0.138 e. The minimum absolute atomic E-state index is 0.850. The van der Waals surface area contributed by atoms with E-state index in [1.165, 1.54) is 0 Å². The number of imidazole rings is 1. The van der Waals surface area contributed by atoms with E-state index in [1.807, 2.05) is 25.1 Å². The van der Waals surface area contributed by atoms with Gasteiger partial charge in [-0.1, -0.05) is 0 Å². The summed E-state index contributed by atoms with van der Waals surface area (Å²) in [5, 5.41) is 1.16. The Labute approximate surface area is 107 Å². The van der Waals surface area contributed by atoms with Crippen molar-refractivity contribution in [1.29, 1.82) is 0 Å². The number of hydrogen-bond acceptors (Lipinski definition) is 2. The second-order valence-electron chi connectivity index (χ2n) is 3.94. The molecule has 0 radical (unpaired) electrons. The van der Waals surface area contributed by atoms with E-state index in [9.17, 15) is 0 Å². The molecule has 2 aromatic heterocycles. The quantitative estimate of drug-likeness (QED) is 0.685. The zero-order valence-corrected chi connectivity index (χ0v) is 11.2. The molecule has 0 saturated carbocycles. The number of aromatic nitrogens is 2. The van der Waals surface area contributed by atoms with Gasteiger partial charge in [-0.3, -0.25) is 4.40 Å². The Bertz CT molecular complexity index is 718. The van der Waals surface area contributed by atoms with E-state index >= 15 is 0 Å². The topological polar surface area (TPSA) is 26.5 Å². The molecule has 4 heteroatoms. The van der Waals surface area contributed by atoms with Gasteiger partial charge in [0, 0.05) is 6.07 Å². The monoisotopic (exact) mass is 290 g/mol. The lowest BCUT2D eigenvalue weighted by molar-refractivity contribution is 0.415. The summed E-state index contributed by atoms with van der Waals surface area (Å²) in [7, 11) is 1.68. The molecular formula is C13H11BrN2O. The van der Waals surface area contributed by atoms with Crippen LogP contribution in [-0.2, 0) is 0 Å². The van der Waals surface area contributed by atoms with Crippen LogP contribution in [0.5, 0.6) is 5.75 Å². The third-order valence-corrected chi connectivity index (χ3v) is 3.83. The first-order valence-electron chi connectivity index (χ1n) is 5.32. The molecule has 86 valence electrons. The molecule has 0 aliphatic heterocycles. The van der Waals surface area contributed by atoms with Crippen molar-refractivity contribution in [2.45, 2.75) is 6.92 Å². The third-order valence-electron chi connectivity index (χ3n) is 2.90. The summed E-state index contributed by atoms with van der Waals surface area (Å²) in [5.41, 5.74) is 3.02. The summed E-state index contributed by atoms with van der Waals surface area (Å²) in [4.78, 5) is 4.49. The largest absolute Gasteiger partial charge is 0.497 e. The van der Waals surface area contributed by atoms with Crippen LogP contribution in [0.2, 0.25) is 0 Å². The summed E-state index contributed by atoms with van der Waals surface area (Å²) >= 11 is 3.58. The summed E-state index contributed by atoms with van der Waals surface area (Å²) in [6.07, 6.45) is 0. The summed E-state index contributed by atoms with van der Waals surface area (Å²) in [6.45, 7) is 1.99. The Morgan fingerprint density at radius 1 is 1.24 bits per heavy atom. The van der Waals surface area contributed by atoms with Gasteiger partial charge >= 0.3 is 0 Å². The highest BCUT2D eigenvalue weighted by Gasteiger charge is 2.09. The van der Waals surface area contributed by atoms with Crippen LogP contribution < -0.4 is 4.74 Å². The molecule has 0 fully saturated rings. The van der Waals surface area contributed by atoms with Gasteiger partial charge in [0.2, 0.25) is 0 Å². The van der Waals surface area contributed by atoms with Gasteiger partial charge in [-0.05, 0) is 52.5 Å². The number of methoxy groups -OCH3 is 1. The maximum absolute atomic E-state index is 5.27. The molecule has 0 unspecified atom stereocenters. The molecule has 0 saturated heterocycles. The lowest BCUT2D eigenvalue weighted by Gasteiger charge is -2.05. The number of aryl methyl sites for hydroxylation is 1. The maximum Gasteiger partial charge on any atom is 0.138 e. The Balaban J connectivity index is 2.51. The highest BCUT2D eigenvalue weighted by molar-refractivity contribution is 9.10. The van der Waals surface area contributed by atoms with Crippen LogP contribution >= 0.6 is 15.9 Å². The highest BCUT2D eigenvalue weighted by atomic mass is 79.9. The molecule has 0 amide bonds. The molecule has 3 rings (SSSR count). The van der Waals surface area contributed by atoms with Crippen LogP contribution in [0, 0.1) is 6.92 Å². The van der Waals surface area contributed by atoms with Crippen molar-refractivity contribution in [3.05, 3.63) is 40.6 Å². The Hall–Kier alpha value is -1.55. The van der Waals surface area contributed by atoms with E-state index in [4.69, 9.17) is 4.74 Å². The van der Waals surface area contributed by atoms with Crippen molar-refractivity contribution < 1.29 is 4.74 Å². The van der Waals surface area contributed by atoms with Crippen molar-refractivity contribution in [3.8, 4) is 5.75 Å². The summed E-state index contributed by atoms with van der Waals surface area (Å²) < 4.78 is 8.35. The Kier molecular flexibility index (Phi) is 2.33. The number of halogens is 1. The number of fused-ring (bicyclic) bond motifs is 3. The normalized spacial score (nSPS) is 11.2. The van der Waals surface area contributed by atoms with Crippen LogP contribution in [0.15, 0.2) is 34.9 Å². The van der Waals surface area contributed by atoms with Gasteiger partial charge in [-0.2, -0.15) is 0 Å². The second kappa shape index (κ2) is 3.74. The minimum atomic E-state index is 0.850. The number of pyridine rings is 1. The van der Waals surface area contributed by atoms with E-state index in [1.54, 1.807) is 7.11 Å². The number of hydrogen-bond donors (Lipinski definition) is 0. The summed E-state index contributed by atoms with van der Waals surface area (Å²) in [6, 6.07) is 10.1. The van der Waals surface area contributed by atoms with Crippen LogP contribution in [0.4, 0.5) is 0 Å². The zero-order chi connectivity index (χ0) is 12.0. The molecule has 17 heavy (non-hydrogen) atoms. The number of rotatable bonds is 1. The second-order valence-corrected chi connectivity index (χ2v) is 4.69. The predicted octanol–water partition coefficient (Wildman–Crippen LogP) is 3.57. The molecule has 2 heterocycles. The minimum Gasteiger partial charge on any atom is -0.497 e. The fourth-order valence-electron chi connectivity index (χ4n) is 2.02. The van der Waals surface area contributed by atoms with E-state index in [0.29, 0.717) is 0 Å². The molecule has 3 nitrogen and oxygen atoms in total. The van der Waals surface area contributed by atoms with Crippen molar-refractivity contribution in [2.75, 3.05) is 7.11 Å². The lowest BCUT2D eigenvalue weighted by Crippen LogP contribution is -1.90. The Morgan fingerprint density at radius 3 is 2.76 bits per heavy atom. The standard InChI is InChI=1S/C13H11BrN2O/c1-8-13(14)16-11-7-10(17-2)5-3-9(11)4-6-12(16)15-8/h3-7H,1-2H3. The van der Waals surface area contributed by atoms with Gasteiger partial charge < -0.3 is 4.74 Å². The predicted molar refractivity (Wildman–Crippen MR) is 71.7 cm³/mol. The molecule has 0 N–H and O–H groups in total. The molecular weight excluding hydrogens is 280 g/mol. The fraction of sp³-hybridized carbons (Fsp3) is 0.154. The number of nitrogens with zero attached hydrogens (tertiary/aromatic N) is 2. The molecule has 0 atom stereocenters. The SMILES string of the molecule is COc1ccc2ccc3nc(C)c(Br)n3c2c1. The molecule has 1 aromatic carbocycles. The van der Waals surface area contributed by atoms with Crippen molar-refractivity contribution >= 4 is 32.5 Å². The number of benzene rings is 1. The van der Waals surface area contributed by atoms with Gasteiger partial charge in [0.25, 0.3) is 0 Å². The van der Waals surface area contributed by atoms with Crippen LogP contribution in [0.25, 0.3) is 16.6 Å². The first-order valence-corrected chi connectivity index (χ1v) is 6.11. The van der Waals surface area contributed by atoms with Gasteiger partial charge in [0.15, 0.2) is 0 Å². The average Bonchev–Trinajstić information content (AvgIpc) is 2.65. The molecule has 0 bridgehead atoms. The van der Waals surface area contributed by atoms with Crippen molar-refractivity contribution in [1.82, 2.24) is 9.38 Å². The lowest BCUT2D eigenvalue weighted by atomic mass is 10.2. The van der Waals surface area contributed by atoms with Gasteiger partial charge in [-0.25, -0.2) is 4.98 Å². The molecule has 0 spiro atoms. The van der Waals surface area contributed by atoms with Crippen molar-refractivity contribution in [3.63, 3.8) is 0 Å². The average molecular weight is 291 g/mol.